The number of aliphatic hydroxyl groups excluding tert-OH is 2. The highest BCUT2D eigenvalue weighted by molar-refractivity contribution is 5.96. The van der Waals surface area contributed by atoms with Crippen LogP contribution in [0.4, 0.5) is 0 Å². The number of primary amides is 1. The summed E-state index contributed by atoms with van der Waals surface area (Å²) in [4.78, 5) is 103. The second-order valence-electron chi connectivity index (χ2n) is 11.8. The lowest BCUT2D eigenvalue weighted by Gasteiger charge is -2.26. The first kappa shape index (κ1) is 44.9. The number of aliphatic imine (C=N–C) groups is 1. The molecule has 0 bridgehead atoms. The molecule has 0 aromatic carbocycles. The Labute approximate surface area is 288 Å². The lowest BCUT2D eigenvalue weighted by molar-refractivity contribution is -0.143. The van der Waals surface area contributed by atoms with Gasteiger partial charge in [0.25, 0.3) is 0 Å². The first-order valence-corrected chi connectivity index (χ1v) is 15.6. The van der Waals surface area contributed by atoms with Crippen LogP contribution in [0.15, 0.2) is 4.99 Å². The molecule has 22 nitrogen and oxygen atoms in total. The van der Waals surface area contributed by atoms with E-state index in [-0.39, 0.29) is 25.3 Å². The van der Waals surface area contributed by atoms with Gasteiger partial charge in [-0.25, -0.2) is 4.79 Å². The van der Waals surface area contributed by atoms with Crippen molar-refractivity contribution < 1.29 is 53.7 Å². The Morgan fingerprint density at radius 1 is 0.660 bits per heavy atom. The van der Waals surface area contributed by atoms with Crippen molar-refractivity contribution in [1.29, 1.82) is 0 Å². The van der Waals surface area contributed by atoms with E-state index in [1.165, 1.54) is 0 Å². The van der Waals surface area contributed by atoms with Crippen molar-refractivity contribution in [2.75, 3.05) is 26.3 Å². The van der Waals surface area contributed by atoms with Gasteiger partial charge in [-0.15, -0.1) is 0 Å². The third-order valence-electron chi connectivity index (χ3n) is 6.89. The summed E-state index contributed by atoms with van der Waals surface area (Å²) in [5, 5.41) is 42.5. The maximum Gasteiger partial charge on any atom is 0.326 e. The Hall–Kier alpha value is -5.09. The maximum absolute atomic E-state index is 13.0. The minimum absolute atomic E-state index is 0.0513. The summed E-state index contributed by atoms with van der Waals surface area (Å²) in [6, 6.07) is -8.43. The van der Waals surface area contributed by atoms with Crippen LogP contribution in [0.2, 0.25) is 0 Å². The molecular formula is C28H51N11O11. The number of nitrogens with zero attached hydrogens (tertiary/aromatic N) is 1. The number of aliphatic hydroxyl groups is 2. The Kier molecular flexibility index (Phi) is 20.2. The molecular weight excluding hydrogens is 666 g/mol. The zero-order valence-electron chi connectivity index (χ0n) is 28.4. The molecule has 0 saturated carbocycles. The number of hydrogen-bond donors (Lipinski definition) is 13. The van der Waals surface area contributed by atoms with Gasteiger partial charge in [0, 0.05) is 6.54 Å². The van der Waals surface area contributed by atoms with E-state index >= 15 is 0 Å². The molecule has 50 heavy (non-hydrogen) atoms. The molecule has 22 heteroatoms. The second kappa shape index (κ2) is 22.5. The third-order valence-corrected chi connectivity index (χ3v) is 6.89. The fourth-order valence-electron chi connectivity index (χ4n) is 4.10. The maximum atomic E-state index is 13.0. The molecule has 6 atom stereocenters. The predicted octanol–water partition coefficient (Wildman–Crippen LogP) is -6.84. The quantitative estimate of drug-likeness (QED) is 0.0265. The van der Waals surface area contributed by atoms with E-state index in [0.29, 0.717) is 0 Å². The number of nitrogens with one attached hydrogen (secondary N) is 6. The van der Waals surface area contributed by atoms with Crippen molar-refractivity contribution in [3.63, 3.8) is 0 Å². The first-order chi connectivity index (χ1) is 23.2. The van der Waals surface area contributed by atoms with E-state index in [1.807, 2.05) is 0 Å². The van der Waals surface area contributed by atoms with Gasteiger partial charge >= 0.3 is 5.97 Å². The van der Waals surface area contributed by atoms with Crippen molar-refractivity contribution in [2.24, 2.45) is 39.8 Å². The Morgan fingerprint density at radius 3 is 1.62 bits per heavy atom. The molecule has 17 N–H and O–H groups in total. The summed E-state index contributed by atoms with van der Waals surface area (Å²) in [5.41, 5.74) is 21.1. The fraction of sp³-hybridized carbons (Fsp3) is 0.679. The number of carbonyl (C=O) groups is 8. The molecule has 7 amide bonds. The van der Waals surface area contributed by atoms with Gasteiger partial charge in [-0.2, -0.15) is 0 Å². The summed E-state index contributed by atoms with van der Waals surface area (Å²) < 4.78 is 0. The zero-order chi connectivity index (χ0) is 38.7. The van der Waals surface area contributed by atoms with Crippen molar-refractivity contribution >= 4 is 53.3 Å². The largest absolute Gasteiger partial charge is 0.480 e. The number of nitrogens with two attached hydrogens (primary N) is 4. The van der Waals surface area contributed by atoms with Gasteiger partial charge in [0.2, 0.25) is 41.4 Å². The minimum atomic E-state index is -1.61. The predicted molar refractivity (Wildman–Crippen MR) is 176 cm³/mol. The highest BCUT2D eigenvalue weighted by Crippen LogP contribution is 2.06. The number of guanidine groups is 1. The van der Waals surface area contributed by atoms with Gasteiger partial charge in [-0.1, -0.05) is 27.7 Å². The van der Waals surface area contributed by atoms with Crippen LogP contribution < -0.4 is 54.8 Å². The van der Waals surface area contributed by atoms with E-state index in [0.717, 1.165) is 0 Å². The lowest BCUT2D eigenvalue weighted by Crippen LogP contribution is -2.59. The molecule has 0 saturated heterocycles. The summed E-state index contributed by atoms with van der Waals surface area (Å²) in [7, 11) is 0. The molecule has 0 unspecified atom stereocenters. The number of carboxylic acids is 1. The van der Waals surface area contributed by atoms with E-state index in [2.05, 4.69) is 36.9 Å². The molecule has 284 valence electrons. The number of carboxylic acid groups (broad SMARTS) is 1. The lowest BCUT2D eigenvalue weighted by atomic mass is 10.0. The van der Waals surface area contributed by atoms with Crippen LogP contribution in [0.25, 0.3) is 0 Å². The van der Waals surface area contributed by atoms with Gasteiger partial charge in [0.05, 0.1) is 32.2 Å². The number of aliphatic carboxylic acids is 1. The van der Waals surface area contributed by atoms with Crippen LogP contribution >= 0.6 is 0 Å². The van der Waals surface area contributed by atoms with Gasteiger partial charge in [-0.3, -0.25) is 38.6 Å². The van der Waals surface area contributed by atoms with Crippen LogP contribution in [-0.2, 0) is 38.4 Å². The number of rotatable bonds is 23. The molecule has 0 aromatic rings. The van der Waals surface area contributed by atoms with Crippen molar-refractivity contribution in [2.45, 2.75) is 83.2 Å². The van der Waals surface area contributed by atoms with E-state index in [4.69, 9.17) is 22.9 Å². The molecule has 0 spiro atoms. The van der Waals surface area contributed by atoms with Crippen LogP contribution in [0, 0.1) is 11.8 Å². The number of carbonyl (C=O) groups excluding carboxylic acids is 7. The van der Waals surface area contributed by atoms with Crippen LogP contribution in [-0.4, -0.2) is 131 Å². The Bertz CT molecular complexity index is 1240. The van der Waals surface area contributed by atoms with E-state index < -0.39 is 122 Å². The van der Waals surface area contributed by atoms with Crippen molar-refractivity contribution in [3.05, 3.63) is 0 Å². The van der Waals surface area contributed by atoms with E-state index in [1.54, 1.807) is 27.7 Å². The molecule has 0 heterocycles. The average molecular weight is 718 g/mol. The van der Waals surface area contributed by atoms with E-state index in [9.17, 15) is 53.7 Å². The van der Waals surface area contributed by atoms with Crippen LogP contribution in [0.1, 0.15) is 47.0 Å². The second-order valence-corrected chi connectivity index (χ2v) is 11.8. The minimum Gasteiger partial charge on any atom is -0.480 e. The van der Waals surface area contributed by atoms with Gasteiger partial charge in [0.15, 0.2) is 5.96 Å². The first-order valence-electron chi connectivity index (χ1n) is 15.6. The Balaban J connectivity index is 5.49. The molecule has 0 rings (SSSR count). The zero-order valence-corrected chi connectivity index (χ0v) is 28.4. The van der Waals surface area contributed by atoms with Gasteiger partial charge < -0.3 is 70.2 Å². The van der Waals surface area contributed by atoms with Crippen LogP contribution in [0.3, 0.4) is 0 Å². The number of amides is 7. The van der Waals surface area contributed by atoms with Crippen molar-refractivity contribution in [1.82, 2.24) is 31.9 Å². The molecule has 0 fully saturated rings. The summed E-state index contributed by atoms with van der Waals surface area (Å²) >= 11 is 0. The van der Waals surface area contributed by atoms with Gasteiger partial charge in [-0.05, 0) is 24.7 Å². The number of hydrogen-bond acceptors (Lipinski definition) is 12. The molecule has 0 aliphatic carbocycles. The normalized spacial score (nSPS) is 14.5. The smallest absolute Gasteiger partial charge is 0.326 e. The van der Waals surface area contributed by atoms with Crippen molar-refractivity contribution in [3.8, 4) is 0 Å². The summed E-state index contributed by atoms with van der Waals surface area (Å²) in [6.45, 7) is 3.75. The monoisotopic (exact) mass is 717 g/mol. The topological polar surface area (TPSA) is 386 Å². The standard InChI is InChI=1S/C28H51N11O11/c1-12(2)20(38-25(47)17(11-41)37-22(44)14(29)8-18(30)42)26(48)34-9-19(43)35-16(10-40)24(46)36-15(6-5-7-33-28(31)32)23(45)39-21(13(3)4)27(49)50/h12-17,20-21,40-41H,5-11,29H2,1-4H3,(H2,30,42)(H,34,48)(H,35,43)(H,36,46)(H,37,44)(H,38,47)(H,39,45)(H,49,50)(H4,31,32,33)/t14-,15-,16-,17-,20-,21-/m0/s1. The SMILES string of the molecule is CC(C)[C@H](NC(=O)[C@H](CCCN=C(N)N)NC(=O)[C@H](CO)NC(=O)CNC(=O)[C@@H](NC(=O)[C@H](CO)NC(=O)[C@@H](N)CC(N)=O)C(C)C)C(=O)O. The molecule has 0 aliphatic rings. The highest BCUT2D eigenvalue weighted by Gasteiger charge is 2.32. The van der Waals surface area contributed by atoms with Gasteiger partial charge in [0.1, 0.15) is 30.2 Å². The third kappa shape index (κ3) is 16.8. The molecule has 0 radical (unpaired) electrons. The average Bonchev–Trinajstić information content (AvgIpc) is 3.02. The fourth-order valence-corrected chi connectivity index (χ4v) is 4.10. The Morgan fingerprint density at radius 2 is 1.14 bits per heavy atom. The van der Waals surface area contributed by atoms with Crippen LogP contribution in [0.5, 0.6) is 0 Å². The highest BCUT2D eigenvalue weighted by atomic mass is 16.4. The molecule has 0 aromatic heterocycles. The summed E-state index contributed by atoms with van der Waals surface area (Å²) in [5.74, 6) is -9.08. The molecule has 0 aliphatic heterocycles. The summed E-state index contributed by atoms with van der Waals surface area (Å²) in [6.07, 6.45) is -0.393.